The van der Waals surface area contributed by atoms with Crippen molar-refractivity contribution in [3.8, 4) is 0 Å². The molecule has 3 unspecified atom stereocenters. The van der Waals surface area contributed by atoms with Crippen LogP contribution in [0.4, 0.5) is 0 Å². The van der Waals surface area contributed by atoms with E-state index in [4.69, 9.17) is 5.73 Å². The van der Waals surface area contributed by atoms with E-state index in [1.165, 1.54) is 30.4 Å². The predicted molar refractivity (Wildman–Crippen MR) is 69.5 cm³/mol. The Balaban J connectivity index is 2.22. The summed E-state index contributed by atoms with van der Waals surface area (Å²) in [6.07, 6.45) is 3.96. The zero-order chi connectivity index (χ0) is 11.5. The molecular formula is C15H23N. The Morgan fingerprint density at radius 2 is 2.12 bits per heavy atom. The zero-order valence-electron chi connectivity index (χ0n) is 10.4. The molecule has 3 atom stereocenters. The molecule has 0 heterocycles. The predicted octanol–water partition coefficient (Wildman–Crippen LogP) is 3.47. The van der Waals surface area contributed by atoms with E-state index in [0.717, 1.165) is 12.5 Å². The van der Waals surface area contributed by atoms with Gasteiger partial charge in [0.25, 0.3) is 0 Å². The van der Waals surface area contributed by atoms with Crippen LogP contribution in [0.15, 0.2) is 24.3 Å². The molecule has 0 saturated heterocycles. The van der Waals surface area contributed by atoms with Gasteiger partial charge < -0.3 is 5.73 Å². The van der Waals surface area contributed by atoms with Crippen LogP contribution in [-0.2, 0) is 0 Å². The van der Waals surface area contributed by atoms with Crippen molar-refractivity contribution in [1.29, 1.82) is 0 Å². The van der Waals surface area contributed by atoms with E-state index in [0.29, 0.717) is 11.8 Å². The van der Waals surface area contributed by atoms with Gasteiger partial charge in [0.2, 0.25) is 0 Å². The maximum atomic E-state index is 5.91. The van der Waals surface area contributed by atoms with Crippen molar-refractivity contribution >= 4 is 0 Å². The number of benzene rings is 1. The minimum atomic E-state index is 0.689. The van der Waals surface area contributed by atoms with Gasteiger partial charge >= 0.3 is 0 Å². The van der Waals surface area contributed by atoms with E-state index in [1.54, 1.807) is 0 Å². The second-order valence-corrected chi connectivity index (χ2v) is 5.43. The van der Waals surface area contributed by atoms with Crippen LogP contribution in [0, 0.1) is 18.8 Å². The molecule has 1 fully saturated rings. The molecule has 0 aromatic heterocycles. The van der Waals surface area contributed by atoms with Gasteiger partial charge in [0.1, 0.15) is 0 Å². The van der Waals surface area contributed by atoms with Crippen molar-refractivity contribution < 1.29 is 0 Å². The van der Waals surface area contributed by atoms with Gasteiger partial charge in [-0.05, 0) is 49.6 Å². The lowest BCUT2D eigenvalue weighted by Gasteiger charge is -2.34. The highest BCUT2D eigenvalue weighted by Crippen LogP contribution is 2.40. The fraction of sp³-hybridized carbons (Fsp3) is 0.600. The molecule has 0 spiro atoms. The number of nitrogens with two attached hydrogens (primary N) is 1. The molecule has 88 valence electrons. The van der Waals surface area contributed by atoms with Gasteiger partial charge in [0, 0.05) is 0 Å². The maximum Gasteiger partial charge on any atom is -0.00430 e. The molecule has 0 amide bonds. The summed E-state index contributed by atoms with van der Waals surface area (Å²) in [7, 11) is 0. The van der Waals surface area contributed by atoms with Gasteiger partial charge in [-0.1, -0.05) is 43.2 Å². The third kappa shape index (κ3) is 2.46. The lowest BCUT2D eigenvalue weighted by molar-refractivity contribution is 0.253. The summed E-state index contributed by atoms with van der Waals surface area (Å²) in [6.45, 7) is 5.38. The molecular weight excluding hydrogens is 194 g/mol. The Bertz CT molecular complexity index is 345. The van der Waals surface area contributed by atoms with Crippen LogP contribution in [0.5, 0.6) is 0 Å². The Morgan fingerprint density at radius 1 is 1.31 bits per heavy atom. The Morgan fingerprint density at radius 3 is 2.81 bits per heavy atom. The smallest absolute Gasteiger partial charge is 0.00430 e. The fourth-order valence-electron chi connectivity index (χ4n) is 3.03. The van der Waals surface area contributed by atoms with E-state index >= 15 is 0 Å². The molecule has 1 nitrogen and oxygen atoms in total. The average molecular weight is 217 g/mol. The molecule has 0 aliphatic heterocycles. The highest BCUT2D eigenvalue weighted by molar-refractivity contribution is 5.26. The van der Waals surface area contributed by atoms with Crippen LogP contribution in [0.3, 0.4) is 0 Å². The van der Waals surface area contributed by atoms with Crippen LogP contribution in [0.1, 0.15) is 43.2 Å². The third-order valence-electron chi connectivity index (χ3n) is 4.03. The van der Waals surface area contributed by atoms with E-state index in [1.807, 2.05) is 0 Å². The lowest BCUT2D eigenvalue weighted by atomic mass is 9.71. The Kier molecular flexibility index (Phi) is 3.65. The molecule has 2 N–H and O–H groups in total. The summed E-state index contributed by atoms with van der Waals surface area (Å²) in [5.74, 6) is 2.24. The van der Waals surface area contributed by atoms with Crippen molar-refractivity contribution in [3.05, 3.63) is 35.4 Å². The van der Waals surface area contributed by atoms with Gasteiger partial charge in [0.05, 0.1) is 0 Å². The standard InChI is InChI=1S/C15H23N/c1-11-4-3-5-13(8-11)15-9-12(2)6-7-14(15)10-16/h3-5,8,12,14-15H,6-7,9-10,16H2,1-2H3. The van der Waals surface area contributed by atoms with Gasteiger partial charge in [-0.3, -0.25) is 0 Å². The summed E-state index contributed by atoms with van der Waals surface area (Å²) >= 11 is 0. The van der Waals surface area contributed by atoms with Gasteiger partial charge in [0.15, 0.2) is 0 Å². The first kappa shape index (κ1) is 11.7. The third-order valence-corrected chi connectivity index (χ3v) is 4.03. The second-order valence-electron chi connectivity index (χ2n) is 5.43. The van der Waals surface area contributed by atoms with Crippen molar-refractivity contribution in [1.82, 2.24) is 0 Å². The van der Waals surface area contributed by atoms with E-state index < -0.39 is 0 Å². The summed E-state index contributed by atoms with van der Waals surface area (Å²) in [4.78, 5) is 0. The lowest BCUT2D eigenvalue weighted by Crippen LogP contribution is -2.28. The second kappa shape index (κ2) is 5.01. The Labute approximate surface area is 99.0 Å². The molecule has 1 saturated carbocycles. The summed E-state index contributed by atoms with van der Waals surface area (Å²) < 4.78 is 0. The van der Waals surface area contributed by atoms with E-state index in [9.17, 15) is 0 Å². The highest BCUT2D eigenvalue weighted by atomic mass is 14.6. The topological polar surface area (TPSA) is 26.0 Å². The number of hydrogen-bond acceptors (Lipinski definition) is 1. The first-order valence-electron chi connectivity index (χ1n) is 6.47. The van der Waals surface area contributed by atoms with Crippen molar-refractivity contribution in [2.24, 2.45) is 17.6 Å². The molecule has 16 heavy (non-hydrogen) atoms. The zero-order valence-corrected chi connectivity index (χ0v) is 10.4. The van der Waals surface area contributed by atoms with Gasteiger partial charge in [-0.25, -0.2) is 0 Å². The molecule has 1 heteroatoms. The molecule has 2 rings (SSSR count). The van der Waals surface area contributed by atoms with Crippen LogP contribution in [0.2, 0.25) is 0 Å². The number of aryl methyl sites for hydroxylation is 1. The highest BCUT2D eigenvalue weighted by Gasteiger charge is 2.28. The average Bonchev–Trinajstić information content (AvgIpc) is 2.29. The van der Waals surface area contributed by atoms with Crippen LogP contribution in [0.25, 0.3) is 0 Å². The first-order chi connectivity index (χ1) is 7.70. The number of hydrogen-bond donors (Lipinski definition) is 1. The molecule has 1 aliphatic rings. The summed E-state index contributed by atoms with van der Waals surface area (Å²) in [5, 5.41) is 0. The first-order valence-corrected chi connectivity index (χ1v) is 6.47. The minimum Gasteiger partial charge on any atom is -0.330 e. The van der Waals surface area contributed by atoms with E-state index in [2.05, 4.69) is 38.1 Å². The fourth-order valence-corrected chi connectivity index (χ4v) is 3.03. The molecule has 1 aromatic rings. The molecule has 1 aliphatic carbocycles. The van der Waals surface area contributed by atoms with Crippen molar-refractivity contribution in [3.63, 3.8) is 0 Å². The van der Waals surface area contributed by atoms with Gasteiger partial charge in [-0.2, -0.15) is 0 Å². The summed E-state index contributed by atoms with van der Waals surface area (Å²) in [5.41, 5.74) is 8.78. The van der Waals surface area contributed by atoms with Crippen LogP contribution in [-0.4, -0.2) is 6.54 Å². The molecule has 0 bridgehead atoms. The largest absolute Gasteiger partial charge is 0.330 e. The minimum absolute atomic E-state index is 0.689. The quantitative estimate of drug-likeness (QED) is 0.806. The van der Waals surface area contributed by atoms with Gasteiger partial charge in [-0.15, -0.1) is 0 Å². The summed E-state index contributed by atoms with van der Waals surface area (Å²) in [6, 6.07) is 8.97. The Hall–Kier alpha value is -0.820. The number of rotatable bonds is 2. The normalized spacial score (nSPS) is 30.3. The maximum absolute atomic E-state index is 5.91. The van der Waals surface area contributed by atoms with E-state index in [-0.39, 0.29) is 0 Å². The molecule has 0 radical (unpaired) electrons. The van der Waals surface area contributed by atoms with Crippen LogP contribution < -0.4 is 5.73 Å². The monoisotopic (exact) mass is 217 g/mol. The SMILES string of the molecule is Cc1cccc(C2CC(C)CCC2CN)c1. The van der Waals surface area contributed by atoms with Crippen LogP contribution >= 0.6 is 0 Å². The molecule has 1 aromatic carbocycles. The van der Waals surface area contributed by atoms with Crippen molar-refractivity contribution in [2.45, 2.75) is 39.0 Å². The van der Waals surface area contributed by atoms with Crippen molar-refractivity contribution in [2.75, 3.05) is 6.54 Å².